The lowest BCUT2D eigenvalue weighted by atomic mass is 9.95. The Morgan fingerprint density at radius 3 is 2.42 bits per heavy atom. The first kappa shape index (κ1) is 21.2. The van der Waals surface area contributed by atoms with Crippen molar-refractivity contribution in [1.29, 1.82) is 0 Å². The summed E-state index contributed by atoms with van der Waals surface area (Å²) in [5, 5.41) is 0. The minimum absolute atomic E-state index is 0. The Bertz CT molecular complexity index is 526. The van der Waals surface area contributed by atoms with Crippen LogP contribution < -0.4 is 5.73 Å². The van der Waals surface area contributed by atoms with Crippen LogP contribution >= 0.6 is 24.0 Å². The molecule has 0 aliphatic carbocycles. The molecule has 0 aromatic heterocycles. The van der Waals surface area contributed by atoms with Gasteiger partial charge in [0.05, 0.1) is 6.54 Å². The molecule has 0 saturated carbocycles. The van der Waals surface area contributed by atoms with E-state index >= 15 is 0 Å². The van der Waals surface area contributed by atoms with Crippen molar-refractivity contribution >= 4 is 29.9 Å². The van der Waals surface area contributed by atoms with Crippen molar-refractivity contribution in [2.75, 3.05) is 26.2 Å². The molecule has 5 heteroatoms. The quantitative estimate of drug-likeness (QED) is 0.416. The molecule has 4 nitrogen and oxygen atoms in total. The van der Waals surface area contributed by atoms with E-state index in [9.17, 15) is 0 Å². The lowest BCUT2D eigenvalue weighted by molar-refractivity contribution is 0.144. The zero-order valence-corrected chi connectivity index (χ0v) is 17.9. The highest BCUT2D eigenvalue weighted by molar-refractivity contribution is 14.0. The van der Waals surface area contributed by atoms with Crippen LogP contribution in [0.3, 0.4) is 0 Å². The number of nitrogens with zero attached hydrogens (tertiary/aromatic N) is 3. The fourth-order valence-electron chi connectivity index (χ4n) is 3.38. The van der Waals surface area contributed by atoms with Crippen molar-refractivity contribution in [2.45, 2.75) is 46.7 Å². The fraction of sp³-hybridized carbons (Fsp3) is 0.632. The molecule has 1 atom stereocenters. The zero-order valence-electron chi connectivity index (χ0n) is 15.5. The van der Waals surface area contributed by atoms with Gasteiger partial charge in [-0.05, 0) is 37.3 Å². The Hall–Kier alpha value is -0.820. The second-order valence-corrected chi connectivity index (χ2v) is 6.67. The second-order valence-electron chi connectivity index (χ2n) is 6.67. The number of halogens is 1. The fourth-order valence-corrected chi connectivity index (χ4v) is 3.38. The maximum absolute atomic E-state index is 6.15. The van der Waals surface area contributed by atoms with Crippen molar-refractivity contribution in [2.24, 2.45) is 16.6 Å². The number of nitrogens with two attached hydrogens (primary N) is 1. The Morgan fingerprint density at radius 2 is 1.83 bits per heavy atom. The summed E-state index contributed by atoms with van der Waals surface area (Å²) in [6.45, 7) is 13.6. The summed E-state index contributed by atoms with van der Waals surface area (Å²) >= 11 is 0. The Labute approximate surface area is 164 Å². The molecule has 2 rings (SSSR count). The minimum atomic E-state index is 0. The maximum Gasteiger partial charge on any atom is 0.191 e. The zero-order chi connectivity index (χ0) is 16.8. The smallest absolute Gasteiger partial charge is 0.191 e. The first-order valence-corrected chi connectivity index (χ1v) is 8.92. The molecule has 24 heavy (non-hydrogen) atoms. The van der Waals surface area contributed by atoms with Gasteiger partial charge in [-0.3, -0.25) is 9.89 Å². The predicted octanol–water partition coefficient (Wildman–Crippen LogP) is 3.34. The van der Waals surface area contributed by atoms with Gasteiger partial charge in [-0.1, -0.05) is 38.1 Å². The van der Waals surface area contributed by atoms with Crippen LogP contribution in [0.5, 0.6) is 0 Å². The standard InChI is InChI=1S/C19H32N4.HI/c1-5-22(6-2)19(20)21-13-18(15(3)4)23-12-11-16-9-7-8-10-17(16)14-23;/h7-10,15,18H,5-6,11-14H2,1-4H3,(H2,20,21);1H. The van der Waals surface area contributed by atoms with Crippen LogP contribution in [0.25, 0.3) is 0 Å². The highest BCUT2D eigenvalue weighted by atomic mass is 127. The summed E-state index contributed by atoms with van der Waals surface area (Å²) in [6.07, 6.45) is 1.13. The van der Waals surface area contributed by atoms with E-state index in [0.29, 0.717) is 17.9 Å². The van der Waals surface area contributed by atoms with Crippen LogP contribution in [0.1, 0.15) is 38.8 Å². The van der Waals surface area contributed by atoms with E-state index in [4.69, 9.17) is 10.7 Å². The lowest BCUT2D eigenvalue weighted by Gasteiger charge is -2.37. The molecule has 1 aromatic carbocycles. The van der Waals surface area contributed by atoms with E-state index in [1.54, 1.807) is 0 Å². The molecule has 0 amide bonds. The summed E-state index contributed by atoms with van der Waals surface area (Å²) < 4.78 is 0. The first-order chi connectivity index (χ1) is 11.1. The number of benzene rings is 1. The second kappa shape index (κ2) is 10.2. The van der Waals surface area contributed by atoms with Crippen molar-refractivity contribution in [3.05, 3.63) is 35.4 Å². The third-order valence-electron chi connectivity index (χ3n) is 4.93. The van der Waals surface area contributed by atoms with Gasteiger partial charge in [0.25, 0.3) is 0 Å². The first-order valence-electron chi connectivity index (χ1n) is 8.92. The van der Waals surface area contributed by atoms with Gasteiger partial charge in [-0.25, -0.2) is 0 Å². The van der Waals surface area contributed by atoms with Gasteiger partial charge in [-0.2, -0.15) is 0 Å². The number of guanidine groups is 1. The Morgan fingerprint density at radius 1 is 1.21 bits per heavy atom. The molecule has 0 bridgehead atoms. The van der Waals surface area contributed by atoms with Crippen LogP contribution in [0.4, 0.5) is 0 Å². The van der Waals surface area contributed by atoms with Gasteiger partial charge < -0.3 is 10.6 Å². The molecule has 1 heterocycles. The third kappa shape index (κ3) is 5.34. The highest BCUT2D eigenvalue weighted by Gasteiger charge is 2.25. The minimum Gasteiger partial charge on any atom is -0.370 e. The maximum atomic E-state index is 6.15. The molecule has 2 N–H and O–H groups in total. The molecule has 0 saturated heterocycles. The van der Waals surface area contributed by atoms with Gasteiger partial charge in [0.1, 0.15) is 0 Å². The SMILES string of the molecule is CCN(CC)C(N)=NCC(C(C)C)N1CCc2ccccc2C1.I. The van der Waals surface area contributed by atoms with Crippen LogP contribution in [0, 0.1) is 5.92 Å². The van der Waals surface area contributed by atoms with E-state index in [2.05, 4.69) is 61.8 Å². The number of rotatable bonds is 6. The summed E-state index contributed by atoms with van der Waals surface area (Å²) in [6, 6.07) is 9.24. The lowest BCUT2D eigenvalue weighted by Crippen LogP contribution is -2.45. The molecule has 136 valence electrons. The van der Waals surface area contributed by atoms with Gasteiger partial charge in [-0.15, -0.1) is 24.0 Å². The Kier molecular flexibility index (Phi) is 9.05. The molecular weight excluding hydrogens is 411 g/mol. The van der Waals surface area contributed by atoms with Crippen molar-refractivity contribution in [1.82, 2.24) is 9.80 Å². The molecule has 1 unspecified atom stereocenters. The van der Waals surface area contributed by atoms with Crippen LogP contribution in [0.15, 0.2) is 29.3 Å². The van der Waals surface area contributed by atoms with Crippen LogP contribution in [0.2, 0.25) is 0 Å². The summed E-state index contributed by atoms with van der Waals surface area (Å²) in [5.74, 6) is 1.24. The van der Waals surface area contributed by atoms with Crippen molar-refractivity contribution in [3.63, 3.8) is 0 Å². The van der Waals surface area contributed by atoms with E-state index in [1.807, 2.05) is 0 Å². The molecule has 1 aliphatic rings. The van der Waals surface area contributed by atoms with Gasteiger partial charge in [0, 0.05) is 32.2 Å². The van der Waals surface area contributed by atoms with Gasteiger partial charge >= 0.3 is 0 Å². The molecule has 0 spiro atoms. The van der Waals surface area contributed by atoms with E-state index in [1.165, 1.54) is 11.1 Å². The predicted molar refractivity (Wildman–Crippen MR) is 114 cm³/mol. The van der Waals surface area contributed by atoms with Gasteiger partial charge in [0.2, 0.25) is 0 Å². The summed E-state index contributed by atoms with van der Waals surface area (Å²) in [7, 11) is 0. The molecule has 0 radical (unpaired) electrons. The normalized spacial score (nSPS) is 16.5. The van der Waals surface area contributed by atoms with E-state index in [0.717, 1.165) is 39.1 Å². The van der Waals surface area contributed by atoms with E-state index < -0.39 is 0 Å². The molecule has 1 aromatic rings. The largest absolute Gasteiger partial charge is 0.370 e. The average molecular weight is 444 g/mol. The molecule has 0 fully saturated rings. The summed E-state index contributed by atoms with van der Waals surface area (Å²) in [5.41, 5.74) is 9.11. The molecular formula is C19H33IN4. The number of fused-ring (bicyclic) bond motifs is 1. The van der Waals surface area contributed by atoms with Crippen LogP contribution in [-0.2, 0) is 13.0 Å². The summed E-state index contributed by atoms with van der Waals surface area (Å²) in [4.78, 5) is 9.39. The van der Waals surface area contributed by atoms with Crippen molar-refractivity contribution < 1.29 is 0 Å². The third-order valence-corrected chi connectivity index (χ3v) is 4.93. The number of aliphatic imine (C=N–C) groups is 1. The monoisotopic (exact) mass is 444 g/mol. The average Bonchev–Trinajstić information content (AvgIpc) is 2.55. The van der Waals surface area contributed by atoms with Crippen molar-refractivity contribution in [3.8, 4) is 0 Å². The highest BCUT2D eigenvalue weighted by Crippen LogP contribution is 2.23. The Balaban J connectivity index is 0.00000288. The van der Waals surface area contributed by atoms with Gasteiger partial charge in [0.15, 0.2) is 5.96 Å². The number of hydrogen-bond donors (Lipinski definition) is 1. The topological polar surface area (TPSA) is 44.9 Å². The van der Waals surface area contributed by atoms with E-state index in [-0.39, 0.29) is 24.0 Å². The van der Waals surface area contributed by atoms with Crippen LogP contribution in [-0.4, -0.2) is 48.0 Å². The molecule has 1 aliphatic heterocycles. The number of hydrogen-bond acceptors (Lipinski definition) is 2.